The molecule has 17 heavy (non-hydrogen) atoms. The van der Waals surface area contributed by atoms with Gasteiger partial charge in [0.05, 0.1) is 17.6 Å². The van der Waals surface area contributed by atoms with E-state index in [1.54, 1.807) is 0 Å². The molecular formula is C11H14N2O3S. The number of nitrogens with zero attached hydrogens (tertiary/aromatic N) is 1. The Bertz CT molecular complexity index is 522. The van der Waals surface area contributed by atoms with Crippen LogP contribution < -0.4 is 0 Å². The zero-order valence-corrected chi connectivity index (χ0v) is 10.2. The highest BCUT2D eigenvalue weighted by Crippen LogP contribution is 2.11. The average Bonchev–Trinajstić information content (AvgIpc) is 2.70. The summed E-state index contributed by atoms with van der Waals surface area (Å²) in [7, 11) is -2.71. The van der Waals surface area contributed by atoms with Gasteiger partial charge < -0.3 is 4.98 Å². The van der Waals surface area contributed by atoms with Gasteiger partial charge in [0.1, 0.15) is 5.82 Å². The summed E-state index contributed by atoms with van der Waals surface area (Å²) in [4.78, 5) is 7.65. The maximum Gasteiger partial charge on any atom is 0.257 e. The van der Waals surface area contributed by atoms with Gasteiger partial charge in [0.15, 0.2) is 0 Å². The molecule has 1 aromatic heterocycles. The van der Waals surface area contributed by atoms with Crippen LogP contribution in [0, 0.1) is 0 Å². The zero-order valence-electron chi connectivity index (χ0n) is 9.26. The van der Waals surface area contributed by atoms with Gasteiger partial charge >= 0.3 is 0 Å². The lowest BCUT2D eigenvalue weighted by atomic mass is 10.2. The molecule has 0 atom stereocenters. The van der Waals surface area contributed by atoms with Gasteiger partial charge in [0, 0.05) is 6.42 Å². The molecule has 0 fully saturated rings. The topological polar surface area (TPSA) is 72.1 Å². The molecule has 0 unspecified atom stereocenters. The molecule has 0 aliphatic rings. The number of hydrogen-bond acceptors (Lipinski definition) is 4. The minimum atomic E-state index is -2.71. The van der Waals surface area contributed by atoms with Gasteiger partial charge in [0.25, 0.3) is 11.0 Å². The molecule has 0 bridgehead atoms. The number of unbranched alkanes of at least 4 members (excludes halogenated alkanes) is 1. The van der Waals surface area contributed by atoms with Crippen LogP contribution in [-0.4, -0.2) is 25.0 Å². The third-order valence-electron chi connectivity index (χ3n) is 2.44. The van der Waals surface area contributed by atoms with E-state index in [9.17, 15) is 8.42 Å². The van der Waals surface area contributed by atoms with E-state index in [4.69, 9.17) is 0 Å². The Morgan fingerprint density at radius 1 is 1.24 bits per heavy atom. The first kappa shape index (κ1) is 12.1. The van der Waals surface area contributed by atoms with Crippen molar-refractivity contribution in [2.45, 2.75) is 19.3 Å². The van der Waals surface area contributed by atoms with Gasteiger partial charge in [-0.3, -0.25) is 4.18 Å². The summed E-state index contributed by atoms with van der Waals surface area (Å²) in [5.41, 5.74) is 1.99. The molecule has 5 nitrogen and oxygen atoms in total. The van der Waals surface area contributed by atoms with Crippen molar-refractivity contribution in [3.63, 3.8) is 0 Å². The lowest BCUT2D eigenvalue weighted by molar-refractivity contribution is 0.322. The van der Waals surface area contributed by atoms with Crippen molar-refractivity contribution < 1.29 is 12.6 Å². The Labute approximate surface area is 101 Å². The van der Waals surface area contributed by atoms with Gasteiger partial charge in [-0.15, -0.1) is 0 Å². The maximum atomic E-state index is 10.1. The first-order chi connectivity index (χ1) is 8.25. The molecule has 0 radical (unpaired) electrons. The van der Waals surface area contributed by atoms with E-state index in [1.807, 2.05) is 24.3 Å². The minimum Gasteiger partial charge on any atom is -0.342 e. The van der Waals surface area contributed by atoms with E-state index in [0.717, 1.165) is 29.7 Å². The number of aromatic nitrogens is 2. The van der Waals surface area contributed by atoms with Crippen LogP contribution in [0.5, 0.6) is 0 Å². The molecule has 0 saturated carbocycles. The average molecular weight is 254 g/mol. The number of benzene rings is 1. The van der Waals surface area contributed by atoms with Gasteiger partial charge in [0.2, 0.25) is 0 Å². The molecule has 2 aromatic rings. The number of fused-ring (bicyclic) bond motifs is 1. The number of aryl methyl sites for hydroxylation is 1. The number of nitrogens with one attached hydrogen (secondary N) is 1. The SMILES string of the molecule is O=[SH](=O)OCCCCc1nc2ccccc2[nH]1. The van der Waals surface area contributed by atoms with Gasteiger partial charge in [-0.05, 0) is 25.0 Å². The van der Waals surface area contributed by atoms with Crippen LogP contribution in [0.25, 0.3) is 11.0 Å². The number of thiol groups is 1. The molecule has 0 saturated heterocycles. The van der Waals surface area contributed by atoms with Crippen molar-refractivity contribution in [1.29, 1.82) is 0 Å². The van der Waals surface area contributed by atoms with E-state index in [2.05, 4.69) is 14.2 Å². The first-order valence-electron chi connectivity index (χ1n) is 5.46. The Morgan fingerprint density at radius 2 is 2.06 bits per heavy atom. The Hall–Kier alpha value is -1.40. The largest absolute Gasteiger partial charge is 0.342 e. The summed E-state index contributed by atoms with van der Waals surface area (Å²) >= 11 is 0. The van der Waals surface area contributed by atoms with Gasteiger partial charge in [-0.25, -0.2) is 13.4 Å². The third-order valence-corrected chi connectivity index (χ3v) is 2.84. The van der Waals surface area contributed by atoms with Crippen molar-refractivity contribution in [3.8, 4) is 0 Å². The summed E-state index contributed by atoms with van der Waals surface area (Å²) < 4.78 is 24.8. The summed E-state index contributed by atoms with van der Waals surface area (Å²) in [5.74, 6) is 0.928. The number of para-hydroxylation sites is 2. The van der Waals surface area contributed by atoms with Crippen molar-refractivity contribution in [3.05, 3.63) is 30.1 Å². The molecule has 0 aliphatic heterocycles. The number of aromatic amines is 1. The van der Waals surface area contributed by atoms with Gasteiger partial charge in [-0.1, -0.05) is 12.1 Å². The molecule has 0 aliphatic carbocycles. The lowest BCUT2D eigenvalue weighted by Gasteiger charge is -1.96. The molecule has 0 amide bonds. The van der Waals surface area contributed by atoms with Crippen molar-refractivity contribution >= 4 is 22.0 Å². The molecule has 6 heteroatoms. The number of imidazole rings is 1. The van der Waals surface area contributed by atoms with Gasteiger partial charge in [-0.2, -0.15) is 0 Å². The predicted octanol–water partition coefficient (Wildman–Crippen LogP) is 1.43. The van der Waals surface area contributed by atoms with Crippen LogP contribution >= 0.6 is 0 Å². The Balaban J connectivity index is 1.83. The predicted molar refractivity (Wildman–Crippen MR) is 65.3 cm³/mol. The van der Waals surface area contributed by atoms with E-state index >= 15 is 0 Å². The second-order valence-corrected chi connectivity index (χ2v) is 4.42. The highest BCUT2D eigenvalue weighted by atomic mass is 32.2. The molecule has 92 valence electrons. The number of rotatable bonds is 6. The molecule has 1 heterocycles. The monoisotopic (exact) mass is 254 g/mol. The lowest BCUT2D eigenvalue weighted by Crippen LogP contribution is -1.95. The fraction of sp³-hybridized carbons (Fsp3) is 0.364. The normalized spacial score (nSPS) is 11.4. The summed E-state index contributed by atoms with van der Waals surface area (Å²) in [5, 5.41) is 0. The highest BCUT2D eigenvalue weighted by Gasteiger charge is 2.01. The van der Waals surface area contributed by atoms with E-state index in [-0.39, 0.29) is 6.61 Å². The first-order valence-corrected chi connectivity index (χ1v) is 6.56. The maximum absolute atomic E-state index is 10.1. The van der Waals surface area contributed by atoms with Crippen molar-refractivity contribution in [1.82, 2.24) is 9.97 Å². The molecule has 2 rings (SSSR count). The van der Waals surface area contributed by atoms with Crippen LogP contribution in [0.3, 0.4) is 0 Å². The van der Waals surface area contributed by atoms with E-state index in [1.165, 1.54) is 0 Å². The van der Waals surface area contributed by atoms with Crippen LogP contribution in [0.15, 0.2) is 24.3 Å². The van der Waals surface area contributed by atoms with Crippen LogP contribution in [0.1, 0.15) is 18.7 Å². The quantitative estimate of drug-likeness (QED) is 0.604. The Kier molecular flexibility index (Phi) is 4.11. The van der Waals surface area contributed by atoms with E-state index < -0.39 is 11.0 Å². The summed E-state index contributed by atoms with van der Waals surface area (Å²) in [6, 6.07) is 7.85. The summed E-state index contributed by atoms with van der Waals surface area (Å²) in [6.45, 7) is 0.249. The van der Waals surface area contributed by atoms with Crippen molar-refractivity contribution in [2.75, 3.05) is 6.61 Å². The zero-order chi connectivity index (χ0) is 12.1. The number of H-pyrrole nitrogens is 1. The Morgan fingerprint density at radius 3 is 2.82 bits per heavy atom. The standard InChI is InChI=1S/C11H14N2O3S/c14-17(15)16-8-4-3-7-11-12-9-5-1-2-6-10(9)13-11/h1-2,5-6,17H,3-4,7-8H2,(H,12,13). The van der Waals surface area contributed by atoms with Crippen LogP contribution in [-0.2, 0) is 21.6 Å². The molecule has 1 aromatic carbocycles. The minimum absolute atomic E-state index is 0.249. The molecule has 1 N–H and O–H groups in total. The fourth-order valence-electron chi connectivity index (χ4n) is 1.66. The fourth-order valence-corrected chi connectivity index (χ4v) is 1.94. The second-order valence-electron chi connectivity index (χ2n) is 3.71. The molecule has 0 spiro atoms. The summed E-state index contributed by atoms with van der Waals surface area (Å²) in [6.07, 6.45) is 2.36. The van der Waals surface area contributed by atoms with Crippen LogP contribution in [0.2, 0.25) is 0 Å². The van der Waals surface area contributed by atoms with Crippen LogP contribution in [0.4, 0.5) is 0 Å². The molecular weight excluding hydrogens is 240 g/mol. The van der Waals surface area contributed by atoms with E-state index in [0.29, 0.717) is 6.42 Å². The highest BCUT2D eigenvalue weighted by molar-refractivity contribution is 7.67. The third kappa shape index (κ3) is 3.54. The van der Waals surface area contributed by atoms with Crippen molar-refractivity contribution in [2.24, 2.45) is 0 Å². The number of hydrogen-bond donors (Lipinski definition) is 2. The smallest absolute Gasteiger partial charge is 0.257 e. The second kappa shape index (κ2) is 5.79.